The van der Waals surface area contributed by atoms with Crippen molar-refractivity contribution in [2.75, 3.05) is 19.6 Å². The number of rotatable bonds is 3. The molecular formula is C19H29ClN2O. The maximum absolute atomic E-state index is 12.8. The fourth-order valence-corrected chi connectivity index (χ4v) is 4.29. The molecule has 1 aliphatic heterocycles. The molecule has 1 aromatic carbocycles. The summed E-state index contributed by atoms with van der Waals surface area (Å²) in [6.07, 6.45) is 9.26. The minimum absolute atomic E-state index is 0. The van der Waals surface area contributed by atoms with E-state index in [1.54, 1.807) is 0 Å². The molecule has 3 rings (SSSR count). The fourth-order valence-electron chi connectivity index (χ4n) is 4.29. The lowest BCUT2D eigenvalue weighted by Gasteiger charge is -2.45. The van der Waals surface area contributed by atoms with Crippen LogP contribution >= 0.6 is 12.4 Å². The summed E-state index contributed by atoms with van der Waals surface area (Å²) < 4.78 is 0. The molecule has 1 saturated heterocycles. The van der Waals surface area contributed by atoms with Crippen molar-refractivity contribution < 1.29 is 4.79 Å². The monoisotopic (exact) mass is 336 g/mol. The molecule has 1 spiro atoms. The smallest absolute Gasteiger partial charge is 0.231 e. The van der Waals surface area contributed by atoms with Crippen LogP contribution in [0.1, 0.15) is 56.4 Å². The van der Waals surface area contributed by atoms with Crippen LogP contribution < -0.4 is 5.73 Å². The zero-order chi connectivity index (χ0) is 15.4. The van der Waals surface area contributed by atoms with Gasteiger partial charge in [-0.05, 0) is 36.7 Å². The number of amides is 1. The second-order valence-corrected chi connectivity index (χ2v) is 7.08. The second kappa shape index (κ2) is 8.16. The van der Waals surface area contributed by atoms with Crippen molar-refractivity contribution in [3.8, 4) is 0 Å². The summed E-state index contributed by atoms with van der Waals surface area (Å²) in [5.41, 5.74) is 7.49. The summed E-state index contributed by atoms with van der Waals surface area (Å²) in [5.74, 6) is 0.0426. The summed E-state index contributed by atoms with van der Waals surface area (Å²) in [4.78, 5) is 14.9. The Labute approximate surface area is 146 Å². The third-order valence-corrected chi connectivity index (χ3v) is 5.79. The van der Waals surface area contributed by atoms with Crippen LogP contribution in [0.25, 0.3) is 0 Å². The van der Waals surface area contributed by atoms with Crippen molar-refractivity contribution in [1.29, 1.82) is 0 Å². The lowest BCUT2D eigenvalue weighted by atomic mass is 9.68. The molecule has 23 heavy (non-hydrogen) atoms. The normalized spacial score (nSPS) is 21.5. The first-order valence-corrected chi connectivity index (χ1v) is 8.78. The van der Waals surface area contributed by atoms with Crippen molar-refractivity contribution in [2.24, 2.45) is 11.1 Å². The Morgan fingerprint density at radius 1 is 1.04 bits per heavy atom. The van der Waals surface area contributed by atoms with Crippen LogP contribution in [-0.2, 0) is 4.79 Å². The van der Waals surface area contributed by atoms with E-state index in [0.717, 1.165) is 18.7 Å². The predicted molar refractivity (Wildman–Crippen MR) is 96.8 cm³/mol. The molecule has 4 heteroatoms. The predicted octanol–water partition coefficient (Wildman–Crippen LogP) is 3.72. The van der Waals surface area contributed by atoms with Gasteiger partial charge in [-0.3, -0.25) is 4.79 Å². The molecule has 1 unspecified atom stereocenters. The third-order valence-electron chi connectivity index (χ3n) is 5.79. The van der Waals surface area contributed by atoms with Crippen molar-refractivity contribution in [3.05, 3.63) is 35.9 Å². The number of nitrogens with two attached hydrogens (primary N) is 1. The molecular weight excluding hydrogens is 308 g/mol. The number of carbonyl (C=O) groups excluding carboxylic acids is 1. The average Bonchev–Trinajstić information content (AvgIpc) is 2.58. The molecule has 2 N–H and O–H groups in total. The summed E-state index contributed by atoms with van der Waals surface area (Å²) in [6.45, 7) is 2.23. The Morgan fingerprint density at radius 3 is 2.22 bits per heavy atom. The van der Waals surface area contributed by atoms with Crippen molar-refractivity contribution in [1.82, 2.24) is 4.90 Å². The van der Waals surface area contributed by atoms with Crippen LogP contribution in [0.3, 0.4) is 0 Å². The van der Waals surface area contributed by atoms with E-state index in [-0.39, 0.29) is 24.2 Å². The van der Waals surface area contributed by atoms with Gasteiger partial charge in [0.1, 0.15) is 0 Å². The molecule has 0 radical (unpaired) electrons. The van der Waals surface area contributed by atoms with Crippen molar-refractivity contribution in [3.63, 3.8) is 0 Å². The molecule has 1 saturated carbocycles. The number of benzene rings is 1. The van der Waals surface area contributed by atoms with Gasteiger partial charge in [0.15, 0.2) is 0 Å². The van der Waals surface area contributed by atoms with Crippen LogP contribution in [0.5, 0.6) is 0 Å². The Morgan fingerprint density at radius 2 is 1.65 bits per heavy atom. The first-order valence-electron chi connectivity index (χ1n) is 8.78. The third kappa shape index (κ3) is 4.07. The molecule has 3 nitrogen and oxygen atoms in total. The maximum Gasteiger partial charge on any atom is 0.231 e. The van der Waals surface area contributed by atoms with E-state index in [4.69, 9.17) is 5.73 Å². The van der Waals surface area contributed by atoms with E-state index in [9.17, 15) is 4.79 Å². The SMILES string of the molecule is Cl.NCC(C(=O)N1CCC2(CCCCC2)CC1)c1ccccc1. The molecule has 1 amide bonds. The van der Waals surface area contributed by atoms with E-state index in [1.165, 1.54) is 44.9 Å². The number of piperidine rings is 1. The van der Waals surface area contributed by atoms with E-state index in [1.807, 2.05) is 30.3 Å². The van der Waals surface area contributed by atoms with Crippen LogP contribution in [0.2, 0.25) is 0 Å². The van der Waals surface area contributed by atoms with Gasteiger partial charge in [-0.2, -0.15) is 0 Å². The molecule has 1 atom stereocenters. The topological polar surface area (TPSA) is 46.3 Å². The maximum atomic E-state index is 12.8. The number of halogens is 1. The number of carbonyl (C=O) groups is 1. The molecule has 1 aromatic rings. The van der Waals surface area contributed by atoms with Crippen LogP contribution in [0.4, 0.5) is 0 Å². The molecule has 1 heterocycles. The van der Waals surface area contributed by atoms with Gasteiger partial charge < -0.3 is 10.6 Å². The standard InChI is InChI=1S/C19H28N2O.ClH/c20-15-17(16-7-3-1-4-8-16)18(22)21-13-11-19(12-14-21)9-5-2-6-10-19;/h1,3-4,7-8,17H,2,5-6,9-15,20H2;1H. The van der Waals surface area contributed by atoms with Gasteiger partial charge in [0.25, 0.3) is 0 Å². The van der Waals surface area contributed by atoms with Gasteiger partial charge >= 0.3 is 0 Å². The van der Waals surface area contributed by atoms with E-state index >= 15 is 0 Å². The number of hydrogen-bond acceptors (Lipinski definition) is 2. The Kier molecular flexibility index (Phi) is 6.49. The van der Waals surface area contributed by atoms with Gasteiger partial charge in [0.2, 0.25) is 5.91 Å². The minimum Gasteiger partial charge on any atom is -0.342 e. The molecule has 128 valence electrons. The van der Waals surface area contributed by atoms with Crippen molar-refractivity contribution in [2.45, 2.75) is 50.9 Å². The number of likely N-dealkylation sites (tertiary alicyclic amines) is 1. The molecule has 2 fully saturated rings. The Balaban J connectivity index is 0.00000192. The van der Waals surface area contributed by atoms with Crippen LogP contribution in [0.15, 0.2) is 30.3 Å². The van der Waals surface area contributed by atoms with E-state index in [2.05, 4.69) is 4.90 Å². The molecule has 0 bridgehead atoms. The van der Waals surface area contributed by atoms with Gasteiger partial charge in [0.05, 0.1) is 5.92 Å². The highest BCUT2D eigenvalue weighted by Gasteiger charge is 2.37. The van der Waals surface area contributed by atoms with Crippen LogP contribution in [-0.4, -0.2) is 30.4 Å². The molecule has 1 aliphatic carbocycles. The quantitative estimate of drug-likeness (QED) is 0.914. The molecule has 2 aliphatic rings. The number of nitrogens with zero attached hydrogens (tertiary/aromatic N) is 1. The minimum atomic E-state index is -0.179. The summed E-state index contributed by atoms with van der Waals surface area (Å²) in [5, 5.41) is 0. The Bertz CT molecular complexity index is 489. The zero-order valence-corrected chi connectivity index (χ0v) is 14.7. The first kappa shape index (κ1) is 18.3. The highest BCUT2D eigenvalue weighted by molar-refractivity contribution is 5.85. The van der Waals surface area contributed by atoms with Gasteiger partial charge in [-0.25, -0.2) is 0 Å². The number of hydrogen-bond donors (Lipinski definition) is 1. The largest absolute Gasteiger partial charge is 0.342 e. The highest BCUT2D eigenvalue weighted by Crippen LogP contribution is 2.44. The summed E-state index contributed by atoms with van der Waals surface area (Å²) in [6, 6.07) is 9.98. The van der Waals surface area contributed by atoms with Crippen LogP contribution in [0, 0.1) is 5.41 Å². The second-order valence-electron chi connectivity index (χ2n) is 7.08. The average molecular weight is 337 g/mol. The zero-order valence-electron chi connectivity index (χ0n) is 13.9. The van der Waals surface area contributed by atoms with Gasteiger partial charge in [0, 0.05) is 19.6 Å². The summed E-state index contributed by atoms with van der Waals surface area (Å²) in [7, 11) is 0. The molecule has 0 aromatic heterocycles. The first-order chi connectivity index (χ1) is 10.7. The lowest BCUT2D eigenvalue weighted by Crippen LogP contribution is -2.46. The highest BCUT2D eigenvalue weighted by atomic mass is 35.5. The summed E-state index contributed by atoms with van der Waals surface area (Å²) >= 11 is 0. The lowest BCUT2D eigenvalue weighted by molar-refractivity contribution is -0.135. The van der Waals surface area contributed by atoms with E-state index in [0.29, 0.717) is 12.0 Å². The fraction of sp³-hybridized carbons (Fsp3) is 0.632. The van der Waals surface area contributed by atoms with Crippen molar-refractivity contribution >= 4 is 18.3 Å². The van der Waals surface area contributed by atoms with Gasteiger partial charge in [-0.1, -0.05) is 49.6 Å². The van der Waals surface area contributed by atoms with E-state index < -0.39 is 0 Å². The Hall–Kier alpha value is -1.06. The van der Waals surface area contributed by atoms with Gasteiger partial charge in [-0.15, -0.1) is 12.4 Å².